The summed E-state index contributed by atoms with van der Waals surface area (Å²) in [7, 11) is 0. The number of halogens is 1. The SMILES string of the molecule is CC(C)C(C)(c1ccc(I)cc1)c1ccc(O)cn1. The fraction of sp³-hybridized carbons (Fsp3) is 0.312. The molecule has 1 N–H and O–H groups in total. The minimum Gasteiger partial charge on any atom is -0.506 e. The molecule has 1 atom stereocenters. The molecule has 1 heterocycles. The van der Waals surface area contributed by atoms with E-state index in [2.05, 4.69) is 72.6 Å². The van der Waals surface area contributed by atoms with Crippen molar-refractivity contribution in [2.24, 2.45) is 5.92 Å². The van der Waals surface area contributed by atoms with Crippen molar-refractivity contribution in [1.82, 2.24) is 4.98 Å². The molecule has 1 unspecified atom stereocenters. The highest BCUT2D eigenvalue weighted by Gasteiger charge is 2.33. The summed E-state index contributed by atoms with van der Waals surface area (Å²) in [6.07, 6.45) is 1.52. The molecular formula is C16H18INO. The molecule has 0 amide bonds. The molecule has 0 aliphatic rings. The van der Waals surface area contributed by atoms with Gasteiger partial charge < -0.3 is 5.11 Å². The van der Waals surface area contributed by atoms with Crippen molar-refractivity contribution in [1.29, 1.82) is 0 Å². The third-order valence-electron chi connectivity index (χ3n) is 3.88. The zero-order valence-electron chi connectivity index (χ0n) is 11.4. The molecule has 0 aliphatic carbocycles. The van der Waals surface area contributed by atoms with Gasteiger partial charge >= 0.3 is 0 Å². The number of pyridine rings is 1. The second-order valence-corrected chi connectivity index (χ2v) is 6.51. The van der Waals surface area contributed by atoms with E-state index in [0.717, 1.165) is 5.69 Å². The molecule has 0 spiro atoms. The van der Waals surface area contributed by atoms with E-state index in [-0.39, 0.29) is 11.2 Å². The summed E-state index contributed by atoms with van der Waals surface area (Å²) in [6, 6.07) is 12.2. The van der Waals surface area contributed by atoms with E-state index in [1.54, 1.807) is 6.07 Å². The van der Waals surface area contributed by atoms with Gasteiger partial charge in [0.25, 0.3) is 0 Å². The molecule has 0 saturated heterocycles. The largest absolute Gasteiger partial charge is 0.506 e. The monoisotopic (exact) mass is 367 g/mol. The topological polar surface area (TPSA) is 33.1 Å². The lowest BCUT2D eigenvalue weighted by Crippen LogP contribution is -2.31. The van der Waals surface area contributed by atoms with Crippen LogP contribution in [0.4, 0.5) is 0 Å². The van der Waals surface area contributed by atoms with Crippen LogP contribution >= 0.6 is 22.6 Å². The highest BCUT2D eigenvalue weighted by Crippen LogP contribution is 2.38. The van der Waals surface area contributed by atoms with Crippen LogP contribution in [0.1, 0.15) is 32.0 Å². The average Bonchev–Trinajstić information content (AvgIpc) is 2.39. The van der Waals surface area contributed by atoms with Gasteiger partial charge in [0.05, 0.1) is 11.9 Å². The summed E-state index contributed by atoms with van der Waals surface area (Å²) in [5.41, 5.74) is 2.08. The maximum absolute atomic E-state index is 9.40. The molecular weight excluding hydrogens is 349 g/mol. The minimum atomic E-state index is -0.155. The third kappa shape index (κ3) is 2.76. The van der Waals surface area contributed by atoms with Gasteiger partial charge in [0.2, 0.25) is 0 Å². The van der Waals surface area contributed by atoms with Gasteiger partial charge in [0, 0.05) is 8.99 Å². The predicted octanol–water partition coefficient (Wildman–Crippen LogP) is 4.35. The van der Waals surface area contributed by atoms with Crippen LogP contribution in [0.2, 0.25) is 0 Å². The van der Waals surface area contributed by atoms with Crippen LogP contribution in [0.3, 0.4) is 0 Å². The van der Waals surface area contributed by atoms with Crippen molar-refractivity contribution >= 4 is 22.6 Å². The number of benzene rings is 1. The van der Waals surface area contributed by atoms with Crippen LogP contribution in [0.15, 0.2) is 42.6 Å². The zero-order chi connectivity index (χ0) is 14.0. The first-order chi connectivity index (χ1) is 8.94. The van der Waals surface area contributed by atoms with Crippen molar-refractivity contribution in [2.75, 3.05) is 0 Å². The van der Waals surface area contributed by atoms with E-state index in [1.807, 2.05) is 6.07 Å². The lowest BCUT2D eigenvalue weighted by atomic mass is 9.71. The molecule has 0 bridgehead atoms. The Bertz CT molecular complexity index is 500. The second-order valence-electron chi connectivity index (χ2n) is 5.27. The highest BCUT2D eigenvalue weighted by molar-refractivity contribution is 14.1. The first-order valence-corrected chi connectivity index (χ1v) is 7.44. The van der Waals surface area contributed by atoms with E-state index < -0.39 is 0 Å². The van der Waals surface area contributed by atoms with Crippen molar-refractivity contribution in [2.45, 2.75) is 26.2 Å². The molecule has 19 heavy (non-hydrogen) atoms. The summed E-state index contributed by atoms with van der Waals surface area (Å²) in [5, 5.41) is 9.40. The fourth-order valence-electron chi connectivity index (χ4n) is 2.27. The van der Waals surface area contributed by atoms with E-state index in [0.29, 0.717) is 5.92 Å². The lowest BCUT2D eigenvalue weighted by Gasteiger charge is -2.34. The molecule has 3 heteroatoms. The van der Waals surface area contributed by atoms with Gasteiger partial charge in [-0.2, -0.15) is 0 Å². The Hall–Kier alpha value is -1.10. The lowest BCUT2D eigenvalue weighted by molar-refractivity contribution is 0.392. The molecule has 0 fully saturated rings. The van der Waals surface area contributed by atoms with Crippen LogP contribution in [-0.4, -0.2) is 10.1 Å². The maximum Gasteiger partial charge on any atom is 0.133 e. The Morgan fingerprint density at radius 2 is 1.74 bits per heavy atom. The fourth-order valence-corrected chi connectivity index (χ4v) is 2.63. The molecule has 0 saturated carbocycles. The van der Waals surface area contributed by atoms with E-state index in [1.165, 1.54) is 15.3 Å². The number of hydrogen-bond acceptors (Lipinski definition) is 2. The van der Waals surface area contributed by atoms with Crippen LogP contribution in [0, 0.1) is 9.49 Å². The molecule has 2 aromatic rings. The summed E-state index contributed by atoms with van der Waals surface area (Å²) < 4.78 is 1.23. The summed E-state index contributed by atoms with van der Waals surface area (Å²) >= 11 is 2.31. The van der Waals surface area contributed by atoms with E-state index in [4.69, 9.17) is 0 Å². The smallest absolute Gasteiger partial charge is 0.133 e. The first-order valence-electron chi connectivity index (χ1n) is 6.36. The first kappa shape index (κ1) is 14.3. The predicted molar refractivity (Wildman–Crippen MR) is 86.4 cm³/mol. The van der Waals surface area contributed by atoms with E-state index in [9.17, 15) is 5.11 Å². The standard InChI is InChI=1S/C16H18INO/c1-11(2)16(3,12-4-6-13(17)7-5-12)15-9-8-14(19)10-18-15/h4-11,19H,1-3H3. The molecule has 0 radical (unpaired) electrons. The number of aromatic nitrogens is 1. The Morgan fingerprint density at radius 3 is 2.21 bits per heavy atom. The number of nitrogens with zero attached hydrogens (tertiary/aromatic N) is 1. The summed E-state index contributed by atoms with van der Waals surface area (Å²) in [5.74, 6) is 0.613. The highest BCUT2D eigenvalue weighted by atomic mass is 127. The summed E-state index contributed by atoms with van der Waals surface area (Å²) in [6.45, 7) is 6.61. The van der Waals surface area contributed by atoms with Gasteiger partial charge in [-0.05, 0) is 65.3 Å². The van der Waals surface area contributed by atoms with Gasteiger partial charge in [0.1, 0.15) is 5.75 Å². The van der Waals surface area contributed by atoms with Crippen LogP contribution in [0.5, 0.6) is 5.75 Å². The van der Waals surface area contributed by atoms with Gasteiger partial charge in [-0.15, -0.1) is 0 Å². The van der Waals surface area contributed by atoms with Gasteiger partial charge in [-0.25, -0.2) is 0 Å². The number of rotatable bonds is 3. The Kier molecular flexibility index (Phi) is 4.13. The van der Waals surface area contributed by atoms with Crippen molar-refractivity contribution in [3.05, 3.63) is 57.4 Å². The van der Waals surface area contributed by atoms with Crippen molar-refractivity contribution in [3.8, 4) is 5.75 Å². The normalized spacial score (nSPS) is 14.4. The van der Waals surface area contributed by atoms with Gasteiger partial charge in [0.15, 0.2) is 0 Å². The molecule has 2 nitrogen and oxygen atoms in total. The molecule has 1 aromatic carbocycles. The number of hydrogen-bond donors (Lipinski definition) is 1. The minimum absolute atomic E-state index is 0.155. The number of aromatic hydroxyl groups is 1. The Morgan fingerprint density at radius 1 is 1.11 bits per heavy atom. The molecule has 0 aliphatic heterocycles. The van der Waals surface area contributed by atoms with Gasteiger partial charge in [-0.3, -0.25) is 4.98 Å². The van der Waals surface area contributed by atoms with Gasteiger partial charge in [-0.1, -0.05) is 26.0 Å². The van der Waals surface area contributed by atoms with Crippen molar-refractivity contribution in [3.63, 3.8) is 0 Å². The molecule has 2 rings (SSSR count). The average molecular weight is 367 g/mol. The quantitative estimate of drug-likeness (QED) is 0.818. The Balaban J connectivity index is 2.54. The second kappa shape index (κ2) is 5.49. The van der Waals surface area contributed by atoms with Crippen LogP contribution < -0.4 is 0 Å². The van der Waals surface area contributed by atoms with E-state index >= 15 is 0 Å². The van der Waals surface area contributed by atoms with Crippen LogP contribution in [-0.2, 0) is 5.41 Å². The maximum atomic E-state index is 9.40. The summed E-state index contributed by atoms with van der Waals surface area (Å²) in [4.78, 5) is 4.42. The molecule has 1 aromatic heterocycles. The Labute approximate surface area is 128 Å². The third-order valence-corrected chi connectivity index (χ3v) is 4.60. The van der Waals surface area contributed by atoms with Crippen molar-refractivity contribution < 1.29 is 5.11 Å². The van der Waals surface area contributed by atoms with Crippen LogP contribution in [0.25, 0.3) is 0 Å². The molecule has 100 valence electrons. The zero-order valence-corrected chi connectivity index (χ0v) is 13.5.